The van der Waals surface area contributed by atoms with Crippen molar-refractivity contribution in [2.45, 2.75) is 71.9 Å². The first kappa shape index (κ1) is 18.7. The lowest BCUT2D eigenvalue weighted by Crippen LogP contribution is -2.37. The van der Waals surface area contributed by atoms with Crippen LogP contribution in [-0.2, 0) is 4.43 Å². The van der Waals surface area contributed by atoms with Crippen molar-refractivity contribution in [1.82, 2.24) is 0 Å². The maximum absolute atomic E-state index is 5.73. The van der Waals surface area contributed by atoms with Gasteiger partial charge in [0.2, 0.25) is 0 Å². The number of hydrogen-bond donors (Lipinski definition) is 0. The SMILES string of the molecule is CC[Si](CC)(CC)SCC(C)(C)C[Si](C)(C)OC. The molecule has 0 aromatic carbocycles. The van der Waals surface area contributed by atoms with E-state index in [1.165, 1.54) is 29.9 Å². The van der Waals surface area contributed by atoms with E-state index in [4.69, 9.17) is 4.43 Å². The molecule has 1 nitrogen and oxygen atoms in total. The first-order chi connectivity index (χ1) is 8.16. The third-order valence-corrected chi connectivity index (χ3v) is 17.3. The van der Waals surface area contributed by atoms with E-state index in [-0.39, 0.29) is 0 Å². The second-order valence-corrected chi connectivity index (χ2v) is 19.6. The summed E-state index contributed by atoms with van der Waals surface area (Å²) in [4.78, 5) is 0. The second kappa shape index (κ2) is 7.51. The van der Waals surface area contributed by atoms with E-state index in [9.17, 15) is 0 Å². The molecule has 0 radical (unpaired) electrons. The van der Waals surface area contributed by atoms with Gasteiger partial charge in [-0.2, -0.15) is 11.2 Å². The van der Waals surface area contributed by atoms with Gasteiger partial charge in [-0.05, 0) is 30.3 Å². The van der Waals surface area contributed by atoms with Gasteiger partial charge >= 0.3 is 0 Å². The minimum absolute atomic E-state index is 0.425. The Bertz CT molecular complexity index is 230. The van der Waals surface area contributed by atoms with E-state index in [0.717, 1.165) is 0 Å². The average molecular weight is 307 g/mol. The topological polar surface area (TPSA) is 9.23 Å². The molecule has 0 aliphatic rings. The fraction of sp³-hybridized carbons (Fsp3) is 1.00. The summed E-state index contributed by atoms with van der Waals surface area (Å²) in [5.41, 5.74) is 0.425. The Labute approximate surface area is 121 Å². The quantitative estimate of drug-likeness (QED) is 0.513. The molecule has 0 unspecified atom stereocenters. The van der Waals surface area contributed by atoms with Gasteiger partial charge in [0.1, 0.15) is 7.22 Å². The summed E-state index contributed by atoms with van der Waals surface area (Å²) >= 11 is 2.33. The van der Waals surface area contributed by atoms with E-state index in [2.05, 4.69) is 58.9 Å². The zero-order valence-corrected chi connectivity index (χ0v) is 16.7. The van der Waals surface area contributed by atoms with E-state index < -0.39 is 15.5 Å². The summed E-state index contributed by atoms with van der Waals surface area (Å²) in [6.07, 6.45) is 0. The molecule has 0 amide bonds. The molecule has 0 spiro atoms. The molecule has 0 heterocycles. The van der Waals surface area contributed by atoms with Crippen LogP contribution in [0.2, 0.25) is 37.3 Å². The Morgan fingerprint density at radius 2 is 1.44 bits per heavy atom. The van der Waals surface area contributed by atoms with Gasteiger partial charge < -0.3 is 4.43 Å². The van der Waals surface area contributed by atoms with Crippen molar-refractivity contribution in [3.8, 4) is 0 Å². The minimum atomic E-state index is -1.44. The van der Waals surface area contributed by atoms with Gasteiger partial charge in [0.25, 0.3) is 0 Å². The maximum Gasteiger partial charge on any atom is 0.186 e. The highest BCUT2D eigenvalue weighted by Gasteiger charge is 2.35. The summed E-state index contributed by atoms with van der Waals surface area (Å²) in [6, 6.07) is 5.54. The van der Waals surface area contributed by atoms with Crippen molar-refractivity contribution in [3.05, 3.63) is 0 Å². The third-order valence-electron chi connectivity index (χ3n) is 4.16. The van der Waals surface area contributed by atoms with Crippen LogP contribution in [0.3, 0.4) is 0 Å². The summed E-state index contributed by atoms with van der Waals surface area (Å²) < 4.78 is 5.73. The standard InChI is InChI=1S/C14H34OSSi2/c1-9-18(10-2,11-3)16-12-14(4,5)13-17(7,8)15-6/h9-13H2,1-8H3. The van der Waals surface area contributed by atoms with Crippen molar-refractivity contribution < 1.29 is 4.43 Å². The molecule has 0 N–H and O–H groups in total. The molecule has 0 saturated carbocycles. The van der Waals surface area contributed by atoms with Crippen molar-refractivity contribution in [2.24, 2.45) is 5.41 Å². The highest BCUT2D eigenvalue weighted by molar-refractivity contribution is 8.29. The lowest BCUT2D eigenvalue weighted by molar-refractivity contribution is 0.369. The van der Waals surface area contributed by atoms with Crippen LogP contribution < -0.4 is 0 Å². The Morgan fingerprint density at radius 1 is 1.00 bits per heavy atom. The molecule has 0 aromatic heterocycles. The van der Waals surface area contributed by atoms with Crippen molar-refractivity contribution >= 4 is 26.8 Å². The van der Waals surface area contributed by atoms with Crippen LogP contribution in [-0.4, -0.2) is 28.4 Å². The van der Waals surface area contributed by atoms with Crippen LogP contribution in [0.1, 0.15) is 34.6 Å². The van der Waals surface area contributed by atoms with Gasteiger partial charge in [-0.3, -0.25) is 0 Å². The van der Waals surface area contributed by atoms with Gasteiger partial charge in [-0.1, -0.05) is 52.8 Å². The molecule has 0 atom stereocenters. The summed E-state index contributed by atoms with van der Waals surface area (Å²) in [6.45, 7) is 16.7. The summed E-state index contributed by atoms with van der Waals surface area (Å²) in [5.74, 6) is 1.31. The van der Waals surface area contributed by atoms with Gasteiger partial charge in [0, 0.05) is 7.11 Å². The average Bonchev–Trinajstić information content (AvgIpc) is 2.30. The van der Waals surface area contributed by atoms with Gasteiger partial charge in [-0.25, -0.2) is 0 Å². The maximum atomic E-state index is 5.73. The van der Waals surface area contributed by atoms with Crippen molar-refractivity contribution in [3.63, 3.8) is 0 Å². The molecule has 0 saturated heterocycles. The smallest absolute Gasteiger partial charge is 0.186 e. The van der Waals surface area contributed by atoms with Gasteiger partial charge in [0.15, 0.2) is 8.32 Å². The fourth-order valence-electron chi connectivity index (χ4n) is 2.68. The Morgan fingerprint density at radius 3 is 1.78 bits per heavy atom. The molecule has 18 heavy (non-hydrogen) atoms. The Hall–Kier alpha value is 0.744. The van der Waals surface area contributed by atoms with Gasteiger partial charge in [0.05, 0.1) is 0 Å². The second-order valence-electron chi connectivity index (χ2n) is 6.84. The van der Waals surface area contributed by atoms with Crippen LogP contribution in [0, 0.1) is 5.41 Å². The molecule has 0 aromatic rings. The number of rotatable bonds is 9. The van der Waals surface area contributed by atoms with E-state index in [0.29, 0.717) is 5.41 Å². The van der Waals surface area contributed by atoms with Crippen LogP contribution in [0.15, 0.2) is 0 Å². The molecule has 0 fully saturated rings. The monoisotopic (exact) mass is 306 g/mol. The molecular weight excluding hydrogens is 272 g/mol. The van der Waals surface area contributed by atoms with Crippen LogP contribution in [0.25, 0.3) is 0 Å². The zero-order valence-electron chi connectivity index (χ0n) is 13.9. The lowest BCUT2D eigenvalue weighted by Gasteiger charge is -2.36. The predicted molar refractivity (Wildman–Crippen MR) is 92.7 cm³/mol. The first-order valence-corrected chi connectivity index (χ1v) is 14.8. The normalized spacial score (nSPS) is 14.0. The summed E-state index contributed by atoms with van der Waals surface area (Å²) in [5, 5.41) is 0. The largest absolute Gasteiger partial charge is 0.420 e. The van der Waals surface area contributed by atoms with Crippen LogP contribution in [0.4, 0.5) is 0 Å². The predicted octanol–water partition coefficient (Wildman–Crippen LogP) is 5.60. The highest BCUT2D eigenvalue weighted by Crippen LogP contribution is 2.39. The number of hydrogen-bond acceptors (Lipinski definition) is 2. The van der Waals surface area contributed by atoms with E-state index in [1.807, 2.05) is 7.11 Å². The molecule has 4 heteroatoms. The van der Waals surface area contributed by atoms with Gasteiger partial charge in [-0.15, -0.1) is 0 Å². The minimum Gasteiger partial charge on any atom is -0.420 e. The van der Waals surface area contributed by atoms with Crippen molar-refractivity contribution in [1.29, 1.82) is 0 Å². The Kier molecular flexibility index (Phi) is 7.82. The lowest BCUT2D eigenvalue weighted by atomic mass is 10.00. The molecular formula is C14H34OSSi2. The molecule has 110 valence electrons. The summed E-state index contributed by atoms with van der Waals surface area (Å²) in [7, 11) is -0.571. The molecule has 0 aliphatic carbocycles. The molecule has 0 bridgehead atoms. The first-order valence-electron chi connectivity index (χ1n) is 7.35. The molecule has 0 rings (SSSR count). The van der Waals surface area contributed by atoms with E-state index in [1.54, 1.807) is 0 Å². The zero-order chi connectivity index (χ0) is 14.4. The van der Waals surface area contributed by atoms with Crippen LogP contribution in [0.5, 0.6) is 0 Å². The van der Waals surface area contributed by atoms with Crippen LogP contribution >= 0.6 is 11.2 Å². The molecule has 0 aliphatic heterocycles. The van der Waals surface area contributed by atoms with Crippen molar-refractivity contribution in [2.75, 3.05) is 12.9 Å². The third kappa shape index (κ3) is 6.26. The highest BCUT2D eigenvalue weighted by atomic mass is 32.4. The van der Waals surface area contributed by atoms with E-state index >= 15 is 0 Å². The fourth-order valence-corrected chi connectivity index (χ4v) is 12.3. The Balaban J connectivity index is 4.50.